The lowest BCUT2D eigenvalue weighted by Gasteiger charge is -2.35. The van der Waals surface area contributed by atoms with Gasteiger partial charge in [-0.05, 0) is 48.6 Å². The molecule has 2 fully saturated rings. The van der Waals surface area contributed by atoms with Gasteiger partial charge in [-0.15, -0.1) is 0 Å². The van der Waals surface area contributed by atoms with E-state index in [1.54, 1.807) is 5.56 Å². The van der Waals surface area contributed by atoms with Crippen molar-refractivity contribution >= 4 is 0 Å². The molecule has 3 rings (SSSR count). The summed E-state index contributed by atoms with van der Waals surface area (Å²) in [4.78, 5) is 0. The number of hydrogen-bond acceptors (Lipinski definition) is 1. The van der Waals surface area contributed by atoms with Gasteiger partial charge in [-0.3, -0.25) is 0 Å². The predicted octanol–water partition coefficient (Wildman–Crippen LogP) is 3.16. The van der Waals surface area contributed by atoms with Gasteiger partial charge < -0.3 is 5.73 Å². The Hall–Kier alpha value is -0.820. The molecule has 0 heterocycles. The first-order valence-electron chi connectivity index (χ1n) is 6.20. The molecule has 1 nitrogen and oxygen atoms in total. The lowest BCUT2D eigenvalue weighted by Crippen LogP contribution is -2.37. The first-order valence-corrected chi connectivity index (χ1v) is 6.20. The summed E-state index contributed by atoms with van der Waals surface area (Å²) in [6, 6.07) is 9.59. The molecule has 0 radical (unpaired) electrons. The fourth-order valence-electron chi connectivity index (χ4n) is 2.72. The lowest BCUT2D eigenvalue weighted by molar-refractivity contribution is 0.345. The Morgan fingerprint density at radius 1 is 1.00 bits per heavy atom. The van der Waals surface area contributed by atoms with Crippen LogP contribution in [0.25, 0.3) is 0 Å². The summed E-state index contributed by atoms with van der Waals surface area (Å²) in [5, 5.41) is 0. The molecule has 80 valence electrons. The average molecular weight is 201 g/mol. The van der Waals surface area contributed by atoms with Gasteiger partial charge in [0.1, 0.15) is 0 Å². The number of rotatable bonds is 2. The molecule has 0 bridgehead atoms. The SMILES string of the molecule is NC1CCC1c1cccc(C2CCC2)c1. The van der Waals surface area contributed by atoms with Crippen molar-refractivity contribution < 1.29 is 0 Å². The monoisotopic (exact) mass is 201 g/mol. The fourth-order valence-corrected chi connectivity index (χ4v) is 2.72. The maximum absolute atomic E-state index is 6.03. The maximum atomic E-state index is 6.03. The third kappa shape index (κ3) is 1.59. The second-order valence-corrected chi connectivity index (χ2v) is 5.15. The highest BCUT2D eigenvalue weighted by molar-refractivity contribution is 5.32. The van der Waals surface area contributed by atoms with Crippen LogP contribution in [-0.4, -0.2) is 6.04 Å². The molecule has 2 aliphatic carbocycles. The van der Waals surface area contributed by atoms with E-state index in [-0.39, 0.29) is 0 Å². The minimum atomic E-state index is 0.418. The van der Waals surface area contributed by atoms with Gasteiger partial charge in [-0.25, -0.2) is 0 Å². The summed E-state index contributed by atoms with van der Waals surface area (Å²) in [6.07, 6.45) is 6.69. The summed E-state index contributed by atoms with van der Waals surface area (Å²) in [6.45, 7) is 0. The molecule has 0 saturated heterocycles. The Bertz CT molecular complexity index is 354. The van der Waals surface area contributed by atoms with Crippen molar-refractivity contribution in [3.63, 3.8) is 0 Å². The summed E-state index contributed by atoms with van der Waals surface area (Å²) in [5.41, 5.74) is 9.07. The Morgan fingerprint density at radius 2 is 1.80 bits per heavy atom. The quantitative estimate of drug-likeness (QED) is 0.781. The molecule has 0 aromatic heterocycles. The minimum absolute atomic E-state index is 0.418. The third-order valence-corrected chi connectivity index (χ3v) is 4.24. The van der Waals surface area contributed by atoms with Crippen LogP contribution in [0.1, 0.15) is 55.1 Å². The summed E-state index contributed by atoms with van der Waals surface area (Å²) >= 11 is 0. The van der Waals surface area contributed by atoms with Crippen LogP contribution in [0.5, 0.6) is 0 Å². The topological polar surface area (TPSA) is 26.0 Å². The van der Waals surface area contributed by atoms with E-state index in [9.17, 15) is 0 Å². The van der Waals surface area contributed by atoms with E-state index in [0.29, 0.717) is 12.0 Å². The Kier molecular flexibility index (Phi) is 2.28. The number of nitrogens with two attached hydrogens (primary N) is 1. The molecule has 2 unspecified atom stereocenters. The fraction of sp³-hybridized carbons (Fsp3) is 0.571. The van der Waals surface area contributed by atoms with E-state index in [0.717, 1.165) is 5.92 Å². The van der Waals surface area contributed by atoms with Gasteiger partial charge >= 0.3 is 0 Å². The normalized spacial score (nSPS) is 30.7. The van der Waals surface area contributed by atoms with Gasteiger partial charge in [0, 0.05) is 6.04 Å². The molecule has 0 aliphatic heterocycles. The number of benzene rings is 1. The van der Waals surface area contributed by atoms with Gasteiger partial charge in [0.2, 0.25) is 0 Å². The third-order valence-electron chi connectivity index (χ3n) is 4.24. The molecule has 1 aromatic rings. The van der Waals surface area contributed by atoms with Crippen LogP contribution in [0.2, 0.25) is 0 Å². The second kappa shape index (κ2) is 3.64. The van der Waals surface area contributed by atoms with Gasteiger partial charge in [0.25, 0.3) is 0 Å². The van der Waals surface area contributed by atoms with Crippen molar-refractivity contribution in [2.45, 2.75) is 50.0 Å². The molecule has 2 atom stereocenters. The molecule has 1 heteroatoms. The van der Waals surface area contributed by atoms with Crippen LogP contribution >= 0.6 is 0 Å². The molecule has 0 amide bonds. The zero-order valence-corrected chi connectivity index (χ0v) is 9.15. The Morgan fingerprint density at radius 3 is 2.33 bits per heavy atom. The molecular weight excluding hydrogens is 182 g/mol. The largest absolute Gasteiger partial charge is 0.327 e. The predicted molar refractivity (Wildman–Crippen MR) is 63.0 cm³/mol. The first kappa shape index (κ1) is 9.41. The van der Waals surface area contributed by atoms with Gasteiger partial charge in [-0.2, -0.15) is 0 Å². The second-order valence-electron chi connectivity index (χ2n) is 5.15. The van der Waals surface area contributed by atoms with E-state index in [1.807, 2.05) is 0 Å². The lowest BCUT2D eigenvalue weighted by atomic mass is 9.73. The van der Waals surface area contributed by atoms with E-state index in [2.05, 4.69) is 24.3 Å². The van der Waals surface area contributed by atoms with Gasteiger partial charge in [0.15, 0.2) is 0 Å². The summed E-state index contributed by atoms with van der Waals surface area (Å²) < 4.78 is 0. The van der Waals surface area contributed by atoms with Crippen LogP contribution in [0.3, 0.4) is 0 Å². The van der Waals surface area contributed by atoms with Crippen molar-refractivity contribution in [3.8, 4) is 0 Å². The van der Waals surface area contributed by atoms with Crippen molar-refractivity contribution in [2.24, 2.45) is 5.73 Å². The smallest absolute Gasteiger partial charge is 0.0108 e. The van der Waals surface area contributed by atoms with Crippen LogP contribution in [0.15, 0.2) is 24.3 Å². The zero-order valence-electron chi connectivity index (χ0n) is 9.15. The average Bonchev–Trinajstić information content (AvgIpc) is 2.13. The summed E-state index contributed by atoms with van der Waals surface area (Å²) in [5.74, 6) is 1.49. The van der Waals surface area contributed by atoms with E-state index in [4.69, 9.17) is 5.73 Å². The molecule has 15 heavy (non-hydrogen) atoms. The van der Waals surface area contributed by atoms with E-state index >= 15 is 0 Å². The van der Waals surface area contributed by atoms with Crippen LogP contribution in [0, 0.1) is 0 Å². The first-order chi connectivity index (χ1) is 7.34. The van der Waals surface area contributed by atoms with E-state index in [1.165, 1.54) is 37.7 Å². The maximum Gasteiger partial charge on any atom is 0.0108 e. The molecule has 0 spiro atoms. The molecule has 2 saturated carbocycles. The summed E-state index contributed by atoms with van der Waals surface area (Å²) in [7, 11) is 0. The van der Waals surface area contributed by atoms with Crippen molar-refractivity contribution in [1.82, 2.24) is 0 Å². The highest BCUT2D eigenvalue weighted by Gasteiger charge is 2.29. The Labute approximate surface area is 91.7 Å². The minimum Gasteiger partial charge on any atom is -0.327 e. The highest BCUT2D eigenvalue weighted by Crippen LogP contribution is 2.40. The van der Waals surface area contributed by atoms with Crippen molar-refractivity contribution in [2.75, 3.05) is 0 Å². The standard InChI is InChI=1S/C14H19N/c15-14-8-7-13(14)12-6-2-5-11(9-12)10-3-1-4-10/h2,5-6,9-10,13-14H,1,3-4,7-8,15H2. The van der Waals surface area contributed by atoms with Crippen molar-refractivity contribution in [1.29, 1.82) is 0 Å². The highest BCUT2D eigenvalue weighted by atomic mass is 14.7. The molecule has 2 aliphatic rings. The molecule has 1 aromatic carbocycles. The van der Waals surface area contributed by atoms with Crippen LogP contribution in [0.4, 0.5) is 0 Å². The Balaban J connectivity index is 1.82. The molecule has 2 N–H and O–H groups in total. The van der Waals surface area contributed by atoms with Gasteiger partial charge in [-0.1, -0.05) is 30.7 Å². The zero-order chi connectivity index (χ0) is 10.3. The molecular formula is C14H19N. The van der Waals surface area contributed by atoms with E-state index < -0.39 is 0 Å². The van der Waals surface area contributed by atoms with Gasteiger partial charge in [0.05, 0.1) is 0 Å². The van der Waals surface area contributed by atoms with Crippen LogP contribution in [-0.2, 0) is 0 Å². The number of hydrogen-bond donors (Lipinski definition) is 1. The van der Waals surface area contributed by atoms with Crippen molar-refractivity contribution in [3.05, 3.63) is 35.4 Å². The van der Waals surface area contributed by atoms with Crippen LogP contribution < -0.4 is 5.73 Å².